The number of carbonyl (C=O) groups is 1. The summed E-state index contributed by atoms with van der Waals surface area (Å²) in [6, 6.07) is 5.19. The number of rotatable bonds is 2. The van der Waals surface area contributed by atoms with E-state index in [1.54, 1.807) is 30.6 Å². The smallest absolute Gasteiger partial charge is 0.258 e. The van der Waals surface area contributed by atoms with Gasteiger partial charge in [-0.3, -0.25) is 10.1 Å². The monoisotopic (exact) mass is 235 g/mol. The second-order valence-electron chi connectivity index (χ2n) is 3.35. The number of amides is 1. The number of aromatic amines is 1. The van der Waals surface area contributed by atoms with E-state index in [0.29, 0.717) is 16.5 Å². The number of anilines is 1. The molecule has 0 fully saturated rings. The Morgan fingerprint density at radius 3 is 3.00 bits per heavy atom. The van der Waals surface area contributed by atoms with Gasteiger partial charge in [0.05, 0.1) is 0 Å². The lowest BCUT2D eigenvalue weighted by atomic mass is 10.1. The lowest BCUT2D eigenvalue weighted by Crippen LogP contribution is -2.14. The molecule has 5 heteroatoms. The molecule has 2 rings (SSSR count). The van der Waals surface area contributed by atoms with Crippen molar-refractivity contribution in [3.63, 3.8) is 0 Å². The molecule has 2 N–H and O–H groups in total. The molecule has 1 heterocycles. The first-order chi connectivity index (χ1) is 7.66. The molecule has 0 unspecified atom stereocenters. The summed E-state index contributed by atoms with van der Waals surface area (Å²) in [5.41, 5.74) is 1.41. The summed E-state index contributed by atoms with van der Waals surface area (Å²) in [6.45, 7) is 1.85. The van der Waals surface area contributed by atoms with E-state index in [1.165, 1.54) is 0 Å². The Morgan fingerprint density at radius 1 is 1.50 bits per heavy atom. The van der Waals surface area contributed by atoms with Crippen molar-refractivity contribution in [2.45, 2.75) is 6.92 Å². The highest BCUT2D eigenvalue weighted by molar-refractivity contribution is 6.31. The molecule has 0 spiro atoms. The normalized spacial score (nSPS) is 10.1. The van der Waals surface area contributed by atoms with Crippen molar-refractivity contribution in [2.75, 3.05) is 5.32 Å². The molecule has 0 aliphatic rings. The molecule has 16 heavy (non-hydrogen) atoms. The standard InChI is InChI=1S/C11H10ClN3O/c1-7-2-3-8(12)6-9(7)10(16)15-11-13-4-5-14-11/h2-6H,1H3,(H2,13,14,15,16). The Bertz CT molecular complexity index is 508. The number of aryl methyl sites for hydroxylation is 1. The van der Waals surface area contributed by atoms with Gasteiger partial charge in [-0.15, -0.1) is 0 Å². The minimum Gasteiger partial charge on any atom is -0.331 e. The summed E-state index contributed by atoms with van der Waals surface area (Å²) in [4.78, 5) is 18.6. The van der Waals surface area contributed by atoms with Crippen molar-refractivity contribution in [2.24, 2.45) is 0 Å². The van der Waals surface area contributed by atoms with Crippen LogP contribution in [0.4, 0.5) is 5.95 Å². The first-order valence-electron chi connectivity index (χ1n) is 4.73. The number of hydrogen-bond acceptors (Lipinski definition) is 2. The molecule has 0 atom stereocenters. The van der Waals surface area contributed by atoms with Crippen LogP contribution in [0.2, 0.25) is 5.02 Å². The quantitative estimate of drug-likeness (QED) is 0.841. The van der Waals surface area contributed by atoms with Gasteiger partial charge in [-0.1, -0.05) is 17.7 Å². The first-order valence-corrected chi connectivity index (χ1v) is 5.11. The molecule has 1 amide bonds. The maximum atomic E-state index is 11.9. The topological polar surface area (TPSA) is 57.8 Å². The molecule has 4 nitrogen and oxygen atoms in total. The zero-order chi connectivity index (χ0) is 11.5. The number of H-pyrrole nitrogens is 1. The molecule has 0 bridgehead atoms. The molecule has 0 radical (unpaired) electrons. The average Bonchev–Trinajstić information content (AvgIpc) is 2.74. The predicted molar refractivity (Wildman–Crippen MR) is 62.7 cm³/mol. The molecule has 0 saturated heterocycles. The number of nitrogens with zero attached hydrogens (tertiary/aromatic N) is 1. The maximum Gasteiger partial charge on any atom is 0.258 e. The Morgan fingerprint density at radius 2 is 2.31 bits per heavy atom. The number of hydrogen-bond donors (Lipinski definition) is 2. The predicted octanol–water partition coefficient (Wildman–Crippen LogP) is 2.62. The third-order valence-electron chi connectivity index (χ3n) is 2.17. The van der Waals surface area contributed by atoms with Crippen LogP contribution < -0.4 is 5.32 Å². The van der Waals surface area contributed by atoms with Crippen LogP contribution in [0.15, 0.2) is 30.6 Å². The number of halogens is 1. The Hall–Kier alpha value is -1.81. The summed E-state index contributed by atoms with van der Waals surface area (Å²) in [7, 11) is 0. The fraction of sp³-hybridized carbons (Fsp3) is 0.0909. The van der Waals surface area contributed by atoms with E-state index in [9.17, 15) is 4.79 Å². The van der Waals surface area contributed by atoms with E-state index in [-0.39, 0.29) is 5.91 Å². The van der Waals surface area contributed by atoms with Crippen molar-refractivity contribution in [1.82, 2.24) is 9.97 Å². The van der Waals surface area contributed by atoms with Crippen LogP contribution in [0.25, 0.3) is 0 Å². The fourth-order valence-electron chi connectivity index (χ4n) is 1.35. The second-order valence-corrected chi connectivity index (χ2v) is 3.79. The highest BCUT2D eigenvalue weighted by Crippen LogP contribution is 2.16. The zero-order valence-electron chi connectivity index (χ0n) is 8.62. The van der Waals surface area contributed by atoms with Crippen LogP contribution in [0.5, 0.6) is 0 Å². The van der Waals surface area contributed by atoms with Gasteiger partial charge in [0.15, 0.2) is 0 Å². The van der Waals surface area contributed by atoms with Crippen molar-refractivity contribution in [3.05, 3.63) is 46.7 Å². The van der Waals surface area contributed by atoms with E-state index < -0.39 is 0 Å². The summed E-state index contributed by atoms with van der Waals surface area (Å²) in [6.07, 6.45) is 3.21. The van der Waals surface area contributed by atoms with Gasteiger partial charge >= 0.3 is 0 Å². The molecular weight excluding hydrogens is 226 g/mol. The van der Waals surface area contributed by atoms with Crippen LogP contribution in [0, 0.1) is 6.92 Å². The molecule has 2 aromatic rings. The van der Waals surface area contributed by atoms with E-state index >= 15 is 0 Å². The highest BCUT2D eigenvalue weighted by Gasteiger charge is 2.10. The Balaban J connectivity index is 2.24. The van der Waals surface area contributed by atoms with Crippen LogP contribution >= 0.6 is 11.6 Å². The van der Waals surface area contributed by atoms with Gasteiger partial charge in [-0.05, 0) is 24.6 Å². The van der Waals surface area contributed by atoms with Gasteiger partial charge in [0, 0.05) is 23.0 Å². The fourth-order valence-corrected chi connectivity index (χ4v) is 1.52. The average molecular weight is 236 g/mol. The minimum atomic E-state index is -0.227. The molecule has 0 aliphatic heterocycles. The summed E-state index contributed by atoms with van der Waals surface area (Å²) in [5, 5.41) is 3.18. The van der Waals surface area contributed by atoms with E-state index in [4.69, 9.17) is 11.6 Å². The minimum absolute atomic E-state index is 0.227. The molecule has 0 saturated carbocycles. The van der Waals surface area contributed by atoms with Crippen LogP contribution in [0.1, 0.15) is 15.9 Å². The van der Waals surface area contributed by atoms with Crippen molar-refractivity contribution in [3.8, 4) is 0 Å². The highest BCUT2D eigenvalue weighted by atomic mass is 35.5. The third kappa shape index (κ3) is 2.23. The summed E-state index contributed by atoms with van der Waals surface area (Å²) < 4.78 is 0. The van der Waals surface area contributed by atoms with Crippen LogP contribution in [0.3, 0.4) is 0 Å². The van der Waals surface area contributed by atoms with Crippen molar-refractivity contribution >= 4 is 23.5 Å². The van der Waals surface area contributed by atoms with Gasteiger partial charge in [0.2, 0.25) is 5.95 Å². The van der Waals surface area contributed by atoms with E-state index in [2.05, 4.69) is 15.3 Å². The van der Waals surface area contributed by atoms with E-state index in [1.807, 2.05) is 6.92 Å². The number of benzene rings is 1. The van der Waals surface area contributed by atoms with Gasteiger partial charge in [0.25, 0.3) is 5.91 Å². The summed E-state index contributed by atoms with van der Waals surface area (Å²) >= 11 is 5.84. The van der Waals surface area contributed by atoms with Gasteiger partial charge in [0.1, 0.15) is 0 Å². The third-order valence-corrected chi connectivity index (χ3v) is 2.41. The molecule has 1 aromatic heterocycles. The largest absolute Gasteiger partial charge is 0.331 e. The summed E-state index contributed by atoms with van der Waals surface area (Å²) in [5.74, 6) is 0.194. The van der Waals surface area contributed by atoms with Crippen LogP contribution in [-0.2, 0) is 0 Å². The van der Waals surface area contributed by atoms with Gasteiger partial charge in [-0.2, -0.15) is 0 Å². The molecular formula is C11H10ClN3O. The van der Waals surface area contributed by atoms with E-state index in [0.717, 1.165) is 5.56 Å². The Kier molecular flexibility index (Phi) is 2.92. The molecule has 82 valence electrons. The lowest BCUT2D eigenvalue weighted by Gasteiger charge is -2.05. The maximum absolute atomic E-state index is 11.9. The van der Waals surface area contributed by atoms with Crippen LogP contribution in [-0.4, -0.2) is 15.9 Å². The second kappa shape index (κ2) is 4.37. The Labute approximate surface area is 97.7 Å². The van der Waals surface area contributed by atoms with Crippen molar-refractivity contribution in [1.29, 1.82) is 0 Å². The number of carbonyl (C=O) groups excluding carboxylic acids is 1. The SMILES string of the molecule is Cc1ccc(Cl)cc1C(=O)Nc1ncc[nH]1. The van der Waals surface area contributed by atoms with Crippen molar-refractivity contribution < 1.29 is 4.79 Å². The number of imidazole rings is 1. The number of nitrogens with one attached hydrogen (secondary N) is 2. The van der Waals surface area contributed by atoms with Gasteiger partial charge in [-0.25, -0.2) is 4.98 Å². The van der Waals surface area contributed by atoms with Gasteiger partial charge < -0.3 is 4.98 Å². The molecule has 1 aromatic carbocycles. The zero-order valence-corrected chi connectivity index (χ0v) is 9.38. The first kappa shape index (κ1) is 10.7. The molecule has 0 aliphatic carbocycles. The number of aromatic nitrogens is 2. The lowest BCUT2D eigenvalue weighted by molar-refractivity contribution is 0.102.